The van der Waals surface area contributed by atoms with E-state index in [1.54, 1.807) is 73.8 Å². The summed E-state index contributed by atoms with van der Waals surface area (Å²) in [4.78, 5) is 29.2. The van der Waals surface area contributed by atoms with Gasteiger partial charge in [-0.1, -0.05) is 54.6 Å². The van der Waals surface area contributed by atoms with E-state index in [4.69, 9.17) is 4.74 Å². The average Bonchev–Trinajstić information content (AvgIpc) is 2.90. The summed E-state index contributed by atoms with van der Waals surface area (Å²) in [5.41, 5.74) is 4.69. The number of ether oxygens (including phenoxy) is 1. The van der Waals surface area contributed by atoms with Crippen molar-refractivity contribution in [3.63, 3.8) is 0 Å². The number of aromatic nitrogens is 1. The Morgan fingerprint density at radius 3 is 2.19 bits per heavy atom. The summed E-state index contributed by atoms with van der Waals surface area (Å²) in [6, 6.07) is 24.5. The van der Waals surface area contributed by atoms with Crippen LogP contribution in [0.1, 0.15) is 37.5 Å². The molecule has 0 aliphatic carbocycles. The number of amides is 1. The lowest BCUT2D eigenvalue weighted by atomic mass is 10.0. The molecule has 1 amide bonds. The van der Waals surface area contributed by atoms with Crippen molar-refractivity contribution in [2.24, 2.45) is 0 Å². The fourth-order valence-corrected chi connectivity index (χ4v) is 5.37. The van der Waals surface area contributed by atoms with Crippen LogP contribution in [0.15, 0.2) is 91.1 Å². The summed E-state index contributed by atoms with van der Waals surface area (Å²) in [5, 5.41) is 2.84. The number of nitrogens with zero attached hydrogens (tertiary/aromatic N) is 1. The van der Waals surface area contributed by atoms with Gasteiger partial charge in [0.25, 0.3) is 5.91 Å². The molecule has 7 nitrogen and oxygen atoms in total. The molecule has 8 heteroatoms. The fourth-order valence-electron chi connectivity index (χ4n) is 3.87. The van der Waals surface area contributed by atoms with Crippen LogP contribution in [0, 0.1) is 6.92 Å². The number of methoxy groups -OCH3 is 1. The molecule has 188 valence electrons. The van der Waals surface area contributed by atoms with E-state index in [2.05, 4.69) is 10.3 Å². The molecule has 0 spiro atoms. The number of nitrogens with one attached hydrogen (secondary N) is 1. The molecule has 1 N–H and O–H groups in total. The van der Waals surface area contributed by atoms with Gasteiger partial charge in [0, 0.05) is 23.0 Å². The van der Waals surface area contributed by atoms with Gasteiger partial charge in [-0.15, -0.1) is 0 Å². The van der Waals surface area contributed by atoms with Crippen molar-refractivity contribution in [2.45, 2.75) is 18.4 Å². The zero-order chi connectivity index (χ0) is 26.4. The molecule has 1 aromatic heterocycles. The predicted octanol–water partition coefficient (Wildman–Crippen LogP) is 5.21. The Kier molecular flexibility index (Phi) is 7.79. The van der Waals surface area contributed by atoms with E-state index in [0.717, 1.165) is 11.1 Å². The predicted molar refractivity (Wildman–Crippen MR) is 143 cm³/mol. The highest BCUT2D eigenvalue weighted by molar-refractivity contribution is 7.89. The molecular weight excluding hydrogens is 488 g/mol. The number of carbonyl (C=O) groups excluding carboxylic acids is 2. The third-order valence-corrected chi connectivity index (χ3v) is 7.32. The maximum absolute atomic E-state index is 12.9. The van der Waals surface area contributed by atoms with Crippen molar-refractivity contribution in [3.05, 3.63) is 119 Å². The minimum atomic E-state index is -3.33. The van der Waals surface area contributed by atoms with Crippen LogP contribution < -0.4 is 5.32 Å². The maximum Gasteiger partial charge on any atom is 0.339 e. The van der Waals surface area contributed by atoms with E-state index in [1.165, 1.54) is 7.11 Å². The van der Waals surface area contributed by atoms with E-state index in [-0.39, 0.29) is 17.4 Å². The van der Waals surface area contributed by atoms with Crippen LogP contribution in [0.3, 0.4) is 0 Å². The van der Waals surface area contributed by atoms with E-state index >= 15 is 0 Å². The van der Waals surface area contributed by atoms with Crippen LogP contribution in [0.5, 0.6) is 0 Å². The number of benzene rings is 3. The van der Waals surface area contributed by atoms with Gasteiger partial charge in [0.15, 0.2) is 9.84 Å². The molecule has 0 unspecified atom stereocenters. The molecule has 3 aromatic carbocycles. The molecule has 4 aromatic rings. The lowest BCUT2D eigenvalue weighted by Crippen LogP contribution is -2.12. The van der Waals surface area contributed by atoms with E-state index < -0.39 is 15.8 Å². The zero-order valence-electron chi connectivity index (χ0n) is 20.5. The highest BCUT2D eigenvalue weighted by Crippen LogP contribution is 2.23. The molecule has 0 saturated heterocycles. The molecule has 0 radical (unpaired) electrons. The zero-order valence-corrected chi connectivity index (χ0v) is 21.3. The van der Waals surface area contributed by atoms with Crippen LogP contribution in [0.25, 0.3) is 11.1 Å². The van der Waals surface area contributed by atoms with Crippen molar-refractivity contribution in [2.75, 3.05) is 12.4 Å². The van der Waals surface area contributed by atoms with Gasteiger partial charge in [0.1, 0.15) is 0 Å². The number of hydrogen-bond acceptors (Lipinski definition) is 6. The number of hydrogen-bond donors (Lipinski definition) is 1. The maximum atomic E-state index is 12.9. The van der Waals surface area contributed by atoms with Gasteiger partial charge >= 0.3 is 5.97 Å². The molecular formula is C29H26N2O5S. The fraction of sp³-hybridized carbons (Fsp3) is 0.138. The molecule has 4 rings (SSSR count). The highest BCUT2D eigenvalue weighted by Gasteiger charge is 2.15. The Morgan fingerprint density at radius 2 is 1.51 bits per heavy atom. The second-order valence-corrected chi connectivity index (χ2v) is 10.7. The van der Waals surface area contributed by atoms with Crippen LogP contribution in [-0.2, 0) is 26.1 Å². The molecule has 0 atom stereocenters. The van der Waals surface area contributed by atoms with Crippen LogP contribution in [0.4, 0.5) is 5.69 Å². The number of aryl methyl sites for hydroxylation is 1. The van der Waals surface area contributed by atoms with Gasteiger partial charge in [-0.05, 0) is 53.9 Å². The summed E-state index contributed by atoms with van der Waals surface area (Å²) in [5.74, 6) is -0.909. The first-order valence-corrected chi connectivity index (χ1v) is 13.4. The van der Waals surface area contributed by atoms with Crippen molar-refractivity contribution in [3.8, 4) is 11.1 Å². The Bertz CT molecular complexity index is 1530. The number of esters is 1. The lowest BCUT2D eigenvalue weighted by molar-refractivity contribution is 0.0599. The summed E-state index contributed by atoms with van der Waals surface area (Å²) in [6.07, 6.45) is 1.64. The van der Waals surface area contributed by atoms with Gasteiger partial charge in [-0.2, -0.15) is 0 Å². The first kappa shape index (κ1) is 25.8. The molecule has 0 saturated carbocycles. The third kappa shape index (κ3) is 6.68. The summed E-state index contributed by atoms with van der Waals surface area (Å²) in [7, 11) is -2.02. The first-order valence-electron chi connectivity index (χ1n) is 11.5. The topological polar surface area (TPSA) is 102 Å². The SMILES string of the molecule is COC(=O)c1cc(-c2cccc(C(=O)Nc3ccc(CS(=O)(=O)Cc4ccccc4)cc3)c2)cnc1C. The third-order valence-electron chi connectivity index (χ3n) is 5.78. The minimum absolute atomic E-state index is 0.0275. The molecule has 1 heterocycles. The standard InChI is InChI=1S/C29H26N2O5S/c1-20-27(29(33)36-2)16-25(17-30-20)23-9-6-10-24(15-23)28(32)31-26-13-11-22(12-14-26)19-37(34,35)18-21-7-4-3-5-8-21/h3-17H,18-19H2,1-2H3,(H,31,32). The quantitative estimate of drug-likeness (QED) is 0.324. The van der Waals surface area contributed by atoms with Gasteiger partial charge in [0.2, 0.25) is 0 Å². The number of sulfone groups is 1. The highest BCUT2D eigenvalue weighted by atomic mass is 32.2. The Labute approximate surface area is 216 Å². The van der Waals surface area contributed by atoms with Crippen molar-refractivity contribution in [1.82, 2.24) is 4.98 Å². The largest absolute Gasteiger partial charge is 0.465 e. The smallest absolute Gasteiger partial charge is 0.339 e. The van der Waals surface area contributed by atoms with Crippen LogP contribution >= 0.6 is 0 Å². The molecule has 0 fully saturated rings. The van der Waals surface area contributed by atoms with Gasteiger partial charge in [-0.3, -0.25) is 9.78 Å². The second kappa shape index (κ2) is 11.2. The van der Waals surface area contributed by atoms with Crippen LogP contribution in [-0.4, -0.2) is 32.4 Å². The Morgan fingerprint density at radius 1 is 0.838 bits per heavy atom. The van der Waals surface area contributed by atoms with E-state index in [1.807, 2.05) is 24.3 Å². The molecule has 37 heavy (non-hydrogen) atoms. The summed E-state index contributed by atoms with van der Waals surface area (Å²) >= 11 is 0. The molecule has 0 aliphatic rings. The minimum Gasteiger partial charge on any atom is -0.465 e. The van der Waals surface area contributed by atoms with E-state index in [0.29, 0.717) is 33.6 Å². The molecule has 0 bridgehead atoms. The number of pyridine rings is 1. The van der Waals surface area contributed by atoms with Gasteiger partial charge < -0.3 is 10.1 Å². The van der Waals surface area contributed by atoms with E-state index in [9.17, 15) is 18.0 Å². The van der Waals surface area contributed by atoms with Gasteiger partial charge in [-0.25, -0.2) is 13.2 Å². The average molecular weight is 515 g/mol. The normalized spacial score (nSPS) is 11.1. The Hall–Kier alpha value is -4.30. The summed E-state index contributed by atoms with van der Waals surface area (Å²) in [6.45, 7) is 1.73. The lowest BCUT2D eigenvalue weighted by Gasteiger charge is -2.10. The van der Waals surface area contributed by atoms with Gasteiger partial charge in [0.05, 0.1) is 29.9 Å². The van der Waals surface area contributed by atoms with Crippen molar-refractivity contribution < 1.29 is 22.7 Å². The molecule has 0 aliphatic heterocycles. The Balaban J connectivity index is 1.44. The number of rotatable bonds is 8. The van der Waals surface area contributed by atoms with Crippen LogP contribution in [0.2, 0.25) is 0 Å². The monoisotopic (exact) mass is 514 g/mol. The van der Waals surface area contributed by atoms with Crippen molar-refractivity contribution in [1.29, 1.82) is 0 Å². The second-order valence-electron chi connectivity index (χ2n) is 8.60. The number of carbonyl (C=O) groups is 2. The first-order chi connectivity index (χ1) is 17.7. The number of anilines is 1. The van der Waals surface area contributed by atoms with Crippen molar-refractivity contribution >= 4 is 27.4 Å². The summed E-state index contributed by atoms with van der Waals surface area (Å²) < 4.78 is 29.9.